The Morgan fingerprint density at radius 2 is 1.69 bits per heavy atom. The minimum atomic E-state index is -0.358. The first-order chi connectivity index (χ1) is 12.4. The normalized spacial score (nSPS) is 15.0. The Morgan fingerprint density at radius 3 is 2.31 bits per heavy atom. The van der Waals surface area contributed by atoms with Crippen LogP contribution in [-0.2, 0) is 4.79 Å². The summed E-state index contributed by atoms with van der Waals surface area (Å²) in [5.74, 6) is -0.569. The number of nitrogens with one attached hydrogen (secondary N) is 1. The summed E-state index contributed by atoms with van der Waals surface area (Å²) >= 11 is 0. The van der Waals surface area contributed by atoms with Crippen LogP contribution in [0.2, 0.25) is 0 Å². The Labute approximate surface area is 153 Å². The fourth-order valence-corrected chi connectivity index (χ4v) is 3.31. The molecule has 2 amide bonds. The molecule has 26 heavy (non-hydrogen) atoms. The van der Waals surface area contributed by atoms with Gasteiger partial charge >= 0.3 is 0 Å². The molecule has 0 radical (unpaired) electrons. The van der Waals surface area contributed by atoms with Crippen LogP contribution in [0.4, 0.5) is 10.1 Å². The number of carbonyl (C=O) groups excluding carboxylic acids is 2. The van der Waals surface area contributed by atoms with Gasteiger partial charge in [0.2, 0.25) is 5.91 Å². The van der Waals surface area contributed by atoms with Crippen molar-refractivity contribution >= 4 is 17.5 Å². The lowest BCUT2D eigenvalue weighted by Crippen LogP contribution is -2.41. The van der Waals surface area contributed by atoms with Gasteiger partial charge in [0, 0.05) is 30.3 Å². The zero-order valence-electron chi connectivity index (χ0n) is 15.1. The number of amides is 2. The Morgan fingerprint density at radius 1 is 1.04 bits per heavy atom. The van der Waals surface area contributed by atoms with Crippen molar-refractivity contribution < 1.29 is 14.0 Å². The smallest absolute Gasteiger partial charge is 0.253 e. The maximum Gasteiger partial charge on any atom is 0.253 e. The van der Waals surface area contributed by atoms with Crippen molar-refractivity contribution in [3.05, 3.63) is 65.0 Å². The first-order valence-electron chi connectivity index (χ1n) is 8.87. The number of carbonyl (C=O) groups is 2. The molecule has 0 bridgehead atoms. The molecule has 0 aromatic heterocycles. The first kappa shape index (κ1) is 18.1. The van der Waals surface area contributed by atoms with Crippen molar-refractivity contribution in [1.82, 2.24) is 4.90 Å². The summed E-state index contributed by atoms with van der Waals surface area (Å²) in [5.41, 5.74) is 3.52. The third-order valence-electron chi connectivity index (χ3n) is 4.88. The molecular formula is C21H23FN2O2. The van der Waals surface area contributed by atoms with Gasteiger partial charge in [-0.05, 0) is 62.6 Å². The summed E-state index contributed by atoms with van der Waals surface area (Å²) in [7, 11) is 0. The number of nitrogens with zero attached hydrogens (tertiary/aromatic N) is 1. The molecule has 136 valence electrons. The molecule has 2 aromatic carbocycles. The van der Waals surface area contributed by atoms with Crippen LogP contribution in [-0.4, -0.2) is 29.8 Å². The third-order valence-corrected chi connectivity index (χ3v) is 4.88. The van der Waals surface area contributed by atoms with Crippen molar-refractivity contribution in [3.63, 3.8) is 0 Å². The highest BCUT2D eigenvalue weighted by molar-refractivity contribution is 5.95. The summed E-state index contributed by atoms with van der Waals surface area (Å²) < 4.78 is 13.0. The first-order valence-corrected chi connectivity index (χ1v) is 8.87. The number of rotatable bonds is 3. The van der Waals surface area contributed by atoms with Crippen molar-refractivity contribution in [1.29, 1.82) is 0 Å². The fraction of sp³-hybridized carbons (Fsp3) is 0.333. The Bertz CT molecular complexity index is 809. The highest BCUT2D eigenvalue weighted by atomic mass is 19.1. The van der Waals surface area contributed by atoms with Gasteiger partial charge in [-0.3, -0.25) is 9.59 Å². The molecule has 0 unspecified atom stereocenters. The fourth-order valence-electron chi connectivity index (χ4n) is 3.31. The lowest BCUT2D eigenvalue weighted by atomic mass is 9.95. The average Bonchev–Trinajstić information content (AvgIpc) is 2.64. The minimum Gasteiger partial charge on any atom is -0.339 e. The lowest BCUT2D eigenvalue weighted by molar-refractivity contribution is -0.121. The number of hydrogen-bond acceptors (Lipinski definition) is 2. The topological polar surface area (TPSA) is 49.4 Å². The summed E-state index contributed by atoms with van der Waals surface area (Å²) in [6.07, 6.45) is 1.26. The lowest BCUT2D eigenvalue weighted by Gasteiger charge is -2.31. The van der Waals surface area contributed by atoms with E-state index in [-0.39, 0.29) is 23.5 Å². The number of piperidine rings is 1. The summed E-state index contributed by atoms with van der Waals surface area (Å²) in [6, 6.07) is 11.5. The molecule has 0 spiro atoms. The molecule has 0 saturated carbocycles. The second kappa shape index (κ2) is 7.68. The van der Waals surface area contributed by atoms with E-state index in [4.69, 9.17) is 0 Å². The molecule has 1 N–H and O–H groups in total. The van der Waals surface area contributed by atoms with E-state index in [1.165, 1.54) is 24.3 Å². The van der Waals surface area contributed by atoms with Crippen LogP contribution in [0.25, 0.3) is 0 Å². The highest BCUT2D eigenvalue weighted by Gasteiger charge is 2.28. The number of hydrogen-bond donors (Lipinski definition) is 1. The van der Waals surface area contributed by atoms with Crippen LogP contribution in [0, 0.1) is 25.6 Å². The number of anilines is 1. The minimum absolute atomic E-state index is 0.00540. The predicted octanol–water partition coefficient (Wildman–Crippen LogP) is 3.93. The van der Waals surface area contributed by atoms with Crippen molar-refractivity contribution in [2.45, 2.75) is 26.7 Å². The van der Waals surface area contributed by atoms with Crippen LogP contribution in [0.1, 0.15) is 34.3 Å². The summed E-state index contributed by atoms with van der Waals surface area (Å²) in [4.78, 5) is 26.7. The maximum absolute atomic E-state index is 13.0. The van der Waals surface area contributed by atoms with Gasteiger partial charge in [0.05, 0.1) is 0 Å². The van der Waals surface area contributed by atoms with Gasteiger partial charge in [0.1, 0.15) is 5.82 Å². The van der Waals surface area contributed by atoms with E-state index in [0.717, 1.165) is 16.8 Å². The number of benzene rings is 2. The Kier molecular flexibility index (Phi) is 5.35. The van der Waals surface area contributed by atoms with Crippen LogP contribution in [0.3, 0.4) is 0 Å². The van der Waals surface area contributed by atoms with E-state index < -0.39 is 0 Å². The molecule has 1 saturated heterocycles. The van der Waals surface area contributed by atoms with Crippen LogP contribution in [0.15, 0.2) is 42.5 Å². The molecule has 0 atom stereocenters. The van der Waals surface area contributed by atoms with Gasteiger partial charge in [-0.2, -0.15) is 0 Å². The Balaban J connectivity index is 1.56. The van der Waals surface area contributed by atoms with Crippen molar-refractivity contribution in [2.24, 2.45) is 5.92 Å². The van der Waals surface area contributed by atoms with E-state index in [2.05, 4.69) is 5.32 Å². The molecular weight excluding hydrogens is 331 g/mol. The van der Waals surface area contributed by atoms with E-state index in [9.17, 15) is 14.0 Å². The number of likely N-dealkylation sites (tertiary alicyclic amines) is 1. The zero-order chi connectivity index (χ0) is 18.7. The largest absolute Gasteiger partial charge is 0.339 e. The van der Waals surface area contributed by atoms with E-state index in [1.807, 2.05) is 32.0 Å². The number of aryl methyl sites for hydroxylation is 2. The number of halogens is 1. The van der Waals surface area contributed by atoms with Gasteiger partial charge in [-0.1, -0.05) is 17.7 Å². The molecule has 1 aliphatic rings. The van der Waals surface area contributed by atoms with E-state index in [1.54, 1.807) is 4.90 Å². The summed E-state index contributed by atoms with van der Waals surface area (Å²) in [6.45, 7) is 5.06. The molecule has 0 aliphatic carbocycles. The van der Waals surface area contributed by atoms with E-state index in [0.29, 0.717) is 31.5 Å². The molecule has 4 nitrogen and oxygen atoms in total. The molecule has 5 heteroatoms. The maximum atomic E-state index is 13.0. The van der Waals surface area contributed by atoms with Gasteiger partial charge < -0.3 is 10.2 Å². The van der Waals surface area contributed by atoms with Crippen molar-refractivity contribution in [3.8, 4) is 0 Å². The summed E-state index contributed by atoms with van der Waals surface area (Å²) in [5, 5.41) is 3.01. The van der Waals surface area contributed by atoms with Gasteiger partial charge in [0.15, 0.2) is 0 Å². The quantitative estimate of drug-likeness (QED) is 0.908. The van der Waals surface area contributed by atoms with Crippen molar-refractivity contribution in [2.75, 3.05) is 18.4 Å². The molecule has 1 heterocycles. The second-order valence-electron chi connectivity index (χ2n) is 6.88. The van der Waals surface area contributed by atoms with E-state index >= 15 is 0 Å². The molecule has 1 fully saturated rings. The van der Waals surface area contributed by atoms with Crippen LogP contribution >= 0.6 is 0 Å². The van der Waals surface area contributed by atoms with Crippen LogP contribution in [0.5, 0.6) is 0 Å². The predicted molar refractivity (Wildman–Crippen MR) is 99.6 cm³/mol. The molecule has 1 aliphatic heterocycles. The highest BCUT2D eigenvalue weighted by Crippen LogP contribution is 2.23. The Hall–Kier alpha value is -2.69. The standard InChI is InChI=1S/C21H23FN2O2/c1-14-3-8-19(15(2)13-14)23-20(25)16-9-11-24(12-10-16)21(26)17-4-6-18(22)7-5-17/h3-8,13,16H,9-12H2,1-2H3,(H,23,25). The third kappa shape index (κ3) is 4.10. The van der Waals surface area contributed by atoms with Gasteiger partial charge in [0.25, 0.3) is 5.91 Å². The second-order valence-corrected chi connectivity index (χ2v) is 6.88. The SMILES string of the molecule is Cc1ccc(NC(=O)C2CCN(C(=O)c3ccc(F)cc3)CC2)c(C)c1. The zero-order valence-corrected chi connectivity index (χ0v) is 15.1. The van der Waals surface area contributed by atoms with Gasteiger partial charge in [-0.25, -0.2) is 4.39 Å². The van der Waals surface area contributed by atoms with Crippen LogP contribution < -0.4 is 5.32 Å². The molecule has 2 aromatic rings. The monoisotopic (exact) mass is 354 g/mol. The van der Waals surface area contributed by atoms with Gasteiger partial charge in [-0.15, -0.1) is 0 Å². The average molecular weight is 354 g/mol. The molecule has 3 rings (SSSR count).